The fraction of sp³-hybridized carbons (Fsp3) is 0.257. The number of likely N-dealkylation sites (N-methyl/N-ethyl adjacent to an activating group) is 1. The van der Waals surface area contributed by atoms with E-state index in [4.69, 9.17) is 4.74 Å². The van der Waals surface area contributed by atoms with Gasteiger partial charge in [-0.2, -0.15) is 0 Å². The third-order valence-corrected chi connectivity index (χ3v) is 8.63. The van der Waals surface area contributed by atoms with Crippen molar-refractivity contribution in [2.45, 2.75) is 38.9 Å². The summed E-state index contributed by atoms with van der Waals surface area (Å²) >= 11 is 3.54. The molecule has 4 aromatic rings. The maximum atomic E-state index is 14.4. The van der Waals surface area contributed by atoms with E-state index in [1.165, 1.54) is 6.92 Å². The van der Waals surface area contributed by atoms with Crippen LogP contribution in [0.4, 0.5) is 11.4 Å². The summed E-state index contributed by atoms with van der Waals surface area (Å²) in [7, 11) is 3.26. The van der Waals surface area contributed by atoms with E-state index in [0.717, 1.165) is 26.4 Å². The number of nitrogens with zero attached hydrogens (tertiary/aromatic N) is 2. The molecule has 1 aliphatic heterocycles. The zero-order chi connectivity index (χ0) is 32.2. The van der Waals surface area contributed by atoms with E-state index in [0.29, 0.717) is 22.7 Å². The number of carbonyl (C=O) groups is 4. The summed E-state index contributed by atoms with van der Waals surface area (Å²) in [6.07, 6.45) is 0.0420. The van der Waals surface area contributed by atoms with E-state index in [9.17, 15) is 19.2 Å². The van der Waals surface area contributed by atoms with Crippen LogP contribution in [0.2, 0.25) is 0 Å². The molecule has 4 aromatic carbocycles. The number of methoxy groups -OCH3 is 1. The fourth-order valence-electron chi connectivity index (χ4n) is 5.51. The summed E-state index contributed by atoms with van der Waals surface area (Å²) in [4.78, 5) is 56.5. The number of carbonyl (C=O) groups excluding carboxylic acids is 4. The molecule has 9 nitrogen and oxygen atoms in total. The Morgan fingerprint density at radius 1 is 1.00 bits per heavy atom. The molecule has 5 rings (SSSR count). The molecule has 10 heteroatoms. The Morgan fingerprint density at radius 3 is 2.38 bits per heavy atom. The number of nitrogens with one attached hydrogen (secondary N) is 2. The summed E-state index contributed by atoms with van der Waals surface area (Å²) in [5.41, 5.74) is 3.18. The standard InChI is InChI=1S/C35H35BrN4O5/c1-21(37-3)34(43)38-29-20-39(33(42)17-23-9-11-24(12-10-23)22(2)41)30-7-5-6-8-31(30)40(35(29)44)19-28-27-15-14-26(36)18-25(27)13-16-32(28)45-4/h5-16,18,21,29,37H,17,19-20H2,1-4H3,(H,38,43)/t21-,29-/m0/s1. The number of fused-ring (bicyclic) bond motifs is 2. The van der Waals surface area contributed by atoms with Gasteiger partial charge in [0.25, 0.3) is 5.91 Å². The summed E-state index contributed by atoms with van der Waals surface area (Å²) in [5, 5.41) is 7.68. The first-order valence-corrected chi connectivity index (χ1v) is 15.4. The molecule has 232 valence electrons. The number of ketones is 1. The van der Waals surface area contributed by atoms with Gasteiger partial charge in [-0.15, -0.1) is 0 Å². The molecule has 2 atom stereocenters. The van der Waals surface area contributed by atoms with Gasteiger partial charge < -0.3 is 25.2 Å². The second-order valence-corrected chi connectivity index (χ2v) is 11.9. The molecule has 1 heterocycles. The van der Waals surface area contributed by atoms with Crippen molar-refractivity contribution in [3.8, 4) is 5.75 Å². The van der Waals surface area contributed by atoms with Crippen molar-refractivity contribution in [1.82, 2.24) is 10.6 Å². The van der Waals surface area contributed by atoms with Crippen molar-refractivity contribution in [1.29, 1.82) is 0 Å². The van der Waals surface area contributed by atoms with Crippen molar-refractivity contribution < 1.29 is 23.9 Å². The number of Topliss-reactive ketones (excluding diaryl/α,β-unsaturated/α-hetero) is 1. The van der Waals surface area contributed by atoms with Crippen LogP contribution in [0.1, 0.15) is 35.3 Å². The Bertz CT molecular complexity index is 1770. The third-order valence-electron chi connectivity index (χ3n) is 8.14. The minimum absolute atomic E-state index is 0.0420. The number of hydrogen-bond acceptors (Lipinski definition) is 6. The highest BCUT2D eigenvalue weighted by atomic mass is 79.9. The van der Waals surface area contributed by atoms with E-state index in [2.05, 4.69) is 26.6 Å². The van der Waals surface area contributed by atoms with Gasteiger partial charge in [0.15, 0.2) is 5.78 Å². The van der Waals surface area contributed by atoms with Crippen LogP contribution in [0.25, 0.3) is 10.8 Å². The van der Waals surface area contributed by atoms with Crippen LogP contribution in [-0.4, -0.2) is 56.3 Å². The predicted octanol–water partition coefficient (Wildman–Crippen LogP) is 5.03. The van der Waals surface area contributed by atoms with Gasteiger partial charge in [0.2, 0.25) is 11.8 Å². The normalized spacial score (nSPS) is 15.3. The van der Waals surface area contributed by atoms with Crippen LogP contribution in [0, 0.1) is 0 Å². The molecule has 0 aromatic heterocycles. The van der Waals surface area contributed by atoms with Gasteiger partial charge in [-0.1, -0.05) is 64.5 Å². The third kappa shape index (κ3) is 6.77. The molecular weight excluding hydrogens is 636 g/mol. The van der Waals surface area contributed by atoms with E-state index in [-0.39, 0.29) is 43.0 Å². The average Bonchev–Trinajstić information content (AvgIpc) is 3.15. The lowest BCUT2D eigenvalue weighted by Crippen LogP contribution is -2.55. The monoisotopic (exact) mass is 670 g/mol. The quantitative estimate of drug-likeness (QED) is 0.242. The van der Waals surface area contributed by atoms with Crippen molar-refractivity contribution in [3.05, 3.63) is 100 Å². The largest absolute Gasteiger partial charge is 0.496 e. The van der Waals surface area contributed by atoms with Gasteiger partial charge in [-0.25, -0.2) is 0 Å². The molecule has 3 amide bonds. The van der Waals surface area contributed by atoms with Crippen LogP contribution >= 0.6 is 15.9 Å². The minimum Gasteiger partial charge on any atom is -0.496 e. The van der Waals surface area contributed by atoms with Crippen LogP contribution in [0.15, 0.2) is 83.3 Å². The van der Waals surface area contributed by atoms with Gasteiger partial charge in [-0.3, -0.25) is 19.2 Å². The van der Waals surface area contributed by atoms with Gasteiger partial charge in [0, 0.05) is 15.6 Å². The molecule has 2 N–H and O–H groups in total. The van der Waals surface area contributed by atoms with Crippen molar-refractivity contribution in [2.24, 2.45) is 0 Å². The van der Waals surface area contributed by atoms with Crippen LogP contribution < -0.4 is 25.2 Å². The molecule has 0 radical (unpaired) electrons. The maximum absolute atomic E-state index is 14.4. The molecular formula is C35H35BrN4O5. The molecule has 0 spiro atoms. The Balaban J connectivity index is 1.59. The van der Waals surface area contributed by atoms with Crippen molar-refractivity contribution >= 4 is 61.6 Å². The lowest BCUT2D eigenvalue weighted by atomic mass is 10.0. The predicted molar refractivity (Wildman–Crippen MR) is 179 cm³/mol. The topological polar surface area (TPSA) is 108 Å². The number of anilines is 2. The Labute approximate surface area is 270 Å². The smallest absolute Gasteiger partial charge is 0.251 e. The maximum Gasteiger partial charge on any atom is 0.251 e. The highest BCUT2D eigenvalue weighted by Gasteiger charge is 2.37. The molecule has 45 heavy (non-hydrogen) atoms. The van der Waals surface area contributed by atoms with E-state index < -0.39 is 12.1 Å². The first kappa shape index (κ1) is 31.9. The summed E-state index contributed by atoms with van der Waals surface area (Å²) in [6.45, 7) is 3.28. The van der Waals surface area contributed by atoms with E-state index in [1.807, 2.05) is 54.6 Å². The summed E-state index contributed by atoms with van der Waals surface area (Å²) in [6, 6.07) is 22.4. The highest BCUT2D eigenvalue weighted by Crippen LogP contribution is 2.37. The van der Waals surface area contributed by atoms with E-state index in [1.54, 1.807) is 55.1 Å². The second-order valence-electron chi connectivity index (χ2n) is 11.0. The summed E-state index contributed by atoms with van der Waals surface area (Å²) in [5.74, 6) is -0.400. The van der Waals surface area contributed by atoms with Gasteiger partial charge in [0.05, 0.1) is 44.0 Å². The molecule has 0 saturated carbocycles. The molecule has 0 fully saturated rings. The number of ether oxygens (including phenoxy) is 1. The van der Waals surface area contributed by atoms with Crippen LogP contribution in [0.5, 0.6) is 5.75 Å². The Morgan fingerprint density at radius 2 is 1.71 bits per heavy atom. The summed E-state index contributed by atoms with van der Waals surface area (Å²) < 4.78 is 6.68. The van der Waals surface area contributed by atoms with Crippen molar-refractivity contribution in [2.75, 3.05) is 30.5 Å². The lowest BCUT2D eigenvalue weighted by Gasteiger charge is -2.27. The van der Waals surface area contributed by atoms with Crippen molar-refractivity contribution in [3.63, 3.8) is 0 Å². The fourth-order valence-corrected chi connectivity index (χ4v) is 5.88. The number of para-hydroxylation sites is 2. The first-order chi connectivity index (χ1) is 21.6. The highest BCUT2D eigenvalue weighted by molar-refractivity contribution is 9.10. The van der Waals surface area contributed by atoms with Crippen LogP contribution in [0.3, 0.4) is 0 Å². The molecule has 0 unspecified atom stereocenters. The second kappa shape index (κ2) is 13.6. The Kier molecular flexibility index (Phi) is 9.65. The zero-order valence-corrected chi connectivity index (χ0v) is 27.2. The van der Waals surface area contributed by atoms with Gasteiger partial charge >= 0.3 is 0 Å². The van der Waals surface area contributed by atoms with E-state index >= 15 is 0 Å². The number of amides is 3. The first-order valence-electron chi connectivity index (χ1n) is 14.6. The molecule has 1 aliphatic rings. The molecule has 0 saturated heterocycles. The number of benzene rings is 4. The number of hydrogen-bond donors (Lipinski definition) is 2. The number of halogens is 1. The minimum atomic E-state index is -1.03. The number of rotatable bonds is 9. The zero-order valence-electron chi connectivity index (χ0n) is 25.6. The Hall–Kier alpha value is -4.54. The molecule has 0 aliphatic carbocycles. The van der Waals surface area contributed by atoms with Gasteiger partial charge in [0.1, 0.15) is 11.8 Å². The SMILES string of the molecule is CN[C@@H](C)C(=O)N[C@H]1CN(C(=O)Cc2ccc(C(C)=O)cc2)c2ccccc2N(Cc2c(OC)ccc3cc(Br)ccc23)C1=O. The lowest BCUT2D eigenvalue weighted by molar-refractivity contribution is -0.128. The van der Waals surface area contributed by atoms with Crippen LogP contribution in [-0.2, 0) is 27.3 Å². The van der Waals surface area contributed by atoms with Gasteiger partial charge in [-0.05, 0) is 67.6 Å². The average molecular weight is 672 g/mol. The molecule has 0 bridgehead atoms.